The van der Waals surface area contributed by atoms with Crippen LogP contribution in [0, 0.1) is 0 Å². The average molecular weight is 404 g/mol. The van der Waals surface area contributed by atoms with Gasteiger partial charge in [0.15, 0.2) is 0 Å². The fraction of sp³-hybridized carbons (Fsp3) is 0.400. The predicted octanol–water partition coefficient (Wildman–Crippen LogP) is 3.73. The lowest BCUT2D eigenvalue weighted by Crippen LogP contribution is -2.32. The molecule has 0 unspecified atom stereocenters. The number of hydrogen-bond acceptors (Lipinski definition) is 6. The molecule has 0 atom stereocenters. The Morgan fingerprint density at radius 3 is 2.20 bits per heavy atom. The Morgan fingerprint density at radius 2 is 1.64 bits per heavy atom. The molecule has 1 aromatic heterocycles. The molecule has 1 N–H and O–H groups in total. The highest BCUT2D eigenvalue weighted by Gasteiger charge is 2.23. The van der Waals surface area contributed by atoms with Crippen LogP contribution in [0.5, 0.6) is 0 Å². The van der Waals surface area contributed by atoms with E-state index in [1.54, 1.807) is 18.2 Å². The van der Waals surface area contributed by atoms with Crippen LogP contribution < -0.4 is 5.32 Å². The summed E-state index contributed by atoms with van der Waals surface area (Å²) in [7, 11) is -3.57. The summed E-state index contributed by atoms with van der Waals surface area (Å²) in [6.45, 7) is 4.86. The molecule has 0 amide bonds. The van der Waals surface area contributed by atoms with E-state index in [1.807, 2.05) is 13.8 Å². The number of anilines is 2. The predicted molar refractivity (Wildman–Crippen MR) is 98.9 cm³/mol. The standard InChI is InChI=1S/C15H19Cl2N5O2S/c1-3-8-22(9-4-2)25(23,24)12-7-5-6-11(10-12)18-15-20-13(16)19-14(17)21-15/h5-7,10H,3-4,8-9H2,1-2H3,(H,18,19,20,21). The SMILES string of the molecule is CCCN(CCC)S(=O)(=O)c1cccc(Nc2nc(Cl)nc(Cl)n2)c1. The van der Waals surface area contributed by atoms with Crippen molar-refractivity contribution < 1.29 is 8.42 Å². The summed E-state index contributed by atoms with van der Waals surface area (Å²) in [5.41, 5.74) is 0.507. The third-order valence-electron chi connectivity index (χ3n) is 3.25. The van der Waals surface area contributed by atoms with Crippen molar-refractivity contribution in [1.82, 2.24) is 19.3 Å². The Bertz CT molecular complexity index is 806. The highest BCUT2D eigenvalue weighted by molar-refractivity contribution is 7.89. The molecule has 1 heterocycles. The first-order valence-corrected chi connectivity index (χ1v) is 10.0. The second kappa shape index (κ2) is 8.75. The van der Waals surface area contributed by atoms with E-state index in [-0.39, 0.29) is 21.4 Å². The van der Waals surface area contributed by atoms with Crippen LogP contribution in [0.1, 0.15) is 26.7 Å². The Kier molecular flexibility index (Phi) is 6.95. The van der Waals surface area contributed by atoms with E-state index in [1.165, 1.54) is 10.4 Å². The number of sulfonamides is 1. The maximum atomic E-state index is 12.8. The second-order valence-corrected chi connectivity index (χ2v) is 7.87. The first-order valence-electron chi connectivity index (χ1n) is 7.81. The molecule has 136 valence electrons. The van der Waals surface area contributed by atoms with Crippen molar-refractivity contribution in [3.8, 4) is 0 Å². The van der Waals surface area contributed by atoms with Crippen molar-refractivity contribution >= 4 is 44.9 Å². The van der Waals surface area contributed by atoms with E-state index in [0.29, 0.717) is 18.8 Å². The van der Waals surface area contributed by atoms with E-state index < -0.39 is 10.0 Å². The quantitative estimate of drug-likeness (QED) is 0.721. The van der Waals surface area contributed by atoms with Gasteiger partial charge in [-0.15, -0.1) is 0 Å². The van der Waals surface area contributed by atoms with Gasteiger partial charge in [-0.3, -0.25) is 0 Å². The fourth-order valence-corrected chi connectivity index (χ4v) is 4.28. The van der Waals surface area contributed by atoms with Gasteiger partial charge in [-0.25, -0.2) is 8.42 Å². The molecule has 2 aromatic rings. The van der Waals surface area contributed by atoms with E-state index in [4.69, 9.17) is 23.2 Å². The molecule has 0 spiro atoms. The van der Waals surface area contributed by atoms with E-state index in [9.17, 15) is 8.42 Å². The molecule has 0 aliphatic carbocycles. The first kappa shape index (κ1) is 19.8. The third kappa shape index (κ3) is 5.24. The molecule has 1 aromatic carbocycles. The number of rotatable bonds is 8. The van der Waals surface area contributed by atoms with Gasteiger partial charge in [0.1, 0.15) is 0 Å². The van der Waals surface area contributed by atoms with Crippen molar-refractivity contribution in [2.45, 2.75) is 31.6 Å². The van der Waals surface area contributed by atoms with E-state index >= 15 is 0 Å². The van der Waals surface area contributed by atoms with Gasteiger partial charge in [0.25, 0.3) is 0 Å². The van der Waals surface area contributed by atoms with Gasteiger partial charge in [-0.2, -0.15) is 19.3 Å². The zero-order chi connectivity index (χ0) is 18.4. The normalized spacial score (nSPS) is 11.7. The monoisotopic (exact) mass is 403 g/mol. The molecule has 10 heteroatoms. The number of aromatic nitrogens is 3. The lowest BCUT2D eigenvalue weighted by atomic mass is 10.3. The molecule has 25 heavy (non-hydrogen) atoms. The largest absolute Gasteiger partial charge is 0.324 e. The molecule has 0 saturated carbocycles. The average Bonchev–Trinajstić information content (AvgIpc) is 2.54. The van der Waals surface area contributed by atoms with Crippen molar-refractivity contribution in [3.05, 3.63) is 34.8 Å². The van der Waals surface area contributed by atoms with Crippen molar-refractivity contribution in [2.75, 3.05) is 18.4 Å². The fourth-order valence-electron chi connectivity index (χ4n) is 2.25. The van der Waals surface area contributed by atoms with Gasteiger partial charge in [-0.1, -0.05) is 19.9 Å². The highest BCUT2D eigenvalue weighted by Crippen LogP contribution is 2.22. The molecule has 0 saturated heterocycles. The number of nitrogens with one attached hydrogen (secondary N) is 1. The van der Waals surface area contributed by atoms with Crippen LogP contribution >= 0.6 is 23.2 Å². The zero-order valence-corrected chi connectivity index (χ0v) is 16.2. The minimum absolute atomic E-state index is 0.0525. The minimum Gasteiger partial charge on any atom is -0.324 e. The molecule has 0 fully saturated rings. The molecular formula is C15H19Cl2N5O2S. The molecule has 0 bridgehead atoms. The third-order valence-corrected chi connectivity index (χ3v) is 5.49. The minimum atomic E-state index is -3.57. The Labute approximate surface area is 157 Å². The van der Waals surface area contributed by atoms with Crippen LogP contribution in [0.2, 0.25) is 10.6 Å². The zero-order valence-electron chi connectivity index (χ0n) is 13.9. The molecular weight excluding hydrogens is 385 g/mol. The summed E-state index contributed by atoms with van der Waals surface area (Å²) in [6.07, 6.45) is 1.50. The van der Waals surface area contributed by atoms with Crippen LogP contribution in [-0.2, 0) is 10.0 Å². The molecule has 0 aliphatic rings. The Hall–Kier alpha value is -1.48. The van der Waals surface area contributed by atoms with Crippen LogP contribution in [0.3, 0.4) is 0 Å². The van der Waals surface area contributed by atoms with E-state index in [2.05, 4.69) is 20.3 Å². The summed E-state index contributed by atoms with van der Waals surface area (Å²) in [6, 6.07) is 6.44. The Balaban J connectivity index is 2.31. The summed E-state index contributed by atoms with van der Waals surface area (Å²) < 4.78 is 27.2. The maximum Gasteiger partial charge on any atom is 0.243 e. The molecule has 2 rings (SSSR count). The van der Waals surface area contributed by atoms with Crippen LogP contribution in [0.15, 0.2) is 29.2 Å². The van der Waals surface area contributed by atoms with Crippen LogP contribution in [0.25, 0.3) is 0 Å². The van der Waals surface area contributed by atoms with Gasteiger partial charge in [-0.05, 0) is 54.2 Å². The maximum absolute atomic E-state index is 12.8. The number of nitrogens with zero attached hydrogens (tertiary/aromatic N) is 4. The van der Waals surface area contributed by atoms with Crippen LogP contribution in [0.4, 0.5) is 11.6 Å². The van der Waals surface area contributed by atoms with Gasteiger partial charge < -0.3 is 5.32 Å². The van der Waals surface area contributed by atoms with Crippen LogP contribution in [-0.4, -0.2) is 40.8 Å². The number of hydrogen-bond donors (Lipinski definition) is 1. The number of benzene rings is 1. The topological polar surface area (TPSA) is 88.1 Å². The van der Waals surface area contributed by atoms with Gasteiger partial charge in [0, 0.05) is 18.8 Å². The lowest BCUT2D eigenvalue weighted by Gasteiger charge is -2.21. The van der Waals surface area contributed by atoms with Gasteiger partial charge >= 0.3 is 0 Å². The van der Waals surface area contributed by atoms with Gasteiger partial charge in [0.05, 0.1) is 4.90 Å². The summed E-state index contributed by atoms with van der Waals surface area (Å²) in [4.78, 5) is 11.7. The lowest BCUT2D eigenvalue weighted by molar-refractivity contribution is 0.410. The highest BCUT2D eigenvalue weighted by atomic mass is 35.5. The molecule has 7 nitrogen and oxygen atoms in total. The number of halogens is 2. The van der Waals surface area contributed by atoms with Crippen molar-refractivity contribution in [1.29, 1.82) is 0 Å². The van der Waals surface area contributed by atoms with Crippen molar-refractivity contribution in [3.63, 3.8) is 0 Å². The second-order valence-electron chi connectivity index (χ2n) is 5.25. The van der Waals surface area contributed by atoms with Crippen molar-refractivity contribution in [2.24, 2.45) is 0 Å². The Morgan fingerprint density at radius 1 is 1.04 bits per heavy atom. The molecule has 0 radical (unpaired) electrons. The summed E-state index contributed by atoms with van der Waals surface area (Å²) in [5.74, 6) is 0.138. The first-order chi connectivity index (χ1) is 11.9. The summed E-state index contributed by atoms with van der Waals surface area (Å²) in [5, 5.41) is 2.78. The smallest absolute Gasteiger partial charge is 0.243 e. The summed E-state index contributed by atoms with van der Waals surface area (Å²) >= 11 is 11.5. The van der Waals surface area contributed by atoms with Gasteiger partial charge in [0.2, 0.25) is 26.5 Å². The van der Waals surface area contributed by atoms with E-state index in [0.717, 1.165) is 12.8 Å². The molecule has 0 aliphatic heterocycles.